The van der Waals surface area contributed by atoms with Gasteiger partial charge in [-0.15, -0.1) is 0 Å². The second-order valence-electron chi connectivity index (χ2n) is 5.20. The van der Waals surface area contributed by atoms with Gasteiger partial charge in [-0.3, -0.25) is 19.3 Å². The van der Waals surface area contributed by atoms with E-state index in [1.807, 2.05) is 0 Å². The molecule has 1 aliphatic heterocycles. The average Bonchev–Trinajstić information content (AvgIpc) is 2.80. The van der Waals surface area contributed by atoms with Crippen molar-refractivity contribution >= 4 is 39.7 Å². The minimum Gasteiger partial charge on any atom is -0.450 e. The van der Waals surface area contributed by atoms with Crippen LogP contribution in [0.2, 0.25) is 0 Å². The third kappa shape index (κ3) is 4.79. The summed E-state index contributed by atoms with van der Waals surface area (Å²) in [6.45, 7) is 2.42. The van der Waals surface area contributed by atoms with Gasteiger partial charge in [0.2, 0.25) is 5.91 Å². The van der Waals surface area contributed by atoms with E-state index in [2.05, 4.69) is 31.3 Å². The van der Waals surface area contributed by atoms with Gasteiger partial charge in [0.05, 0.1) is 17.7 Å². The van der Waals surface area contributed by atoms with Gasteiger partial charge in [-0.1, -0.05) is 15.9 Å². The van der Waals surface area contributed by atoms with E-state index in [0.717, 1.165) is 4.90 Å². The summed E-state index contributed by atoms with van der Waals surface area (Å²) in [7, 11) is 0. The molecule has 0 atom stereocenters. The Hall–Kier alpha value is -2.42. The van der Waals surface area contributed by atoms with E-state index in [0.29, 0.717) is 15.6 Å². The molecule has 2 N–H and O–H groups in total. The van der Waals surface area contributed by atoms with Gasteiger partial charge in [0, 0.05) is 30.5 Å². The number of ether oxygens (including phenoxy) is 1. The van der Waals surface area contributed by atoms with Crippen molar-refractivity contribution in [1.29, 1.82) is 0 Å². The summed E-state index contributed by atoms with van der Waals surface area (Å²) in [5, 5.41) is 5.07. The van der Waals surface area contributed by atoms with Crippen molar-refractivity contribution in [1.82, 2.24) is 15.5 Å². The Bertz CT molecular complexity index is 707. The predicted octanol–water partition coefficient (Wildman–Crippen LogP) is 1.30. The van der Waals surface area contributed by atoms with Crippen molar-refractivity contribution in [3.63, 3.8) is 0 Å². The molecule has 8 nitrogen and oxygen atoms in total. The molecular formula is C16H18BrN3O5. The normalized spacial score (nSPS) is 12.8. The van der Waals surface area contributed by atoms with Gasteiger partial charge in [-0.2, -0.15) is 0 Å². The average molecular weight is 412 g/mol. The van der Waals surface area contributed by atoms with Gasteiger partial charge < -0.3 is 15.4 Å². The molecule has 0 saturated heterocycles. The highest BCUT2D eigenvalue weighted by molar-refractivity contribution is 9.10. The zero-order chi connectivity index (χ0) is 18.4. The number of hydrogen-bond donors (Lipinski definition) is 2. The molecule has 0 radical (unpaired) electrons. The lowest BCUT2D eigenvalue weighted by Crippen LogP contribution is -2.37. The molecule has 1 aromatic carbocycles. The van der Waals surface area contributed by atoms with Crippen LogP contribution in [0.5, 0.6) is 0 Å². The summed E-state index contributed by atoms with van der Waals surface area (Å²) in [5.41, 5.74) is 0.672. The summed E-state index contributed by atoms with van der Waals surface area (Å²) in [6, 6.07) is 4.87. The first-order chi connectivity index (χ1) is 11.9. The molecule has 4 amide bonds. The molecule has 0 saturated carbocycles. The minimum atomic E-state index is -0.547. The second kappa shape index (κ2) is 8.61. The van der Waals surface area contributed by atoms with Crippen LogP contribution in [0.15, 0.2) is 22.7 Å². The molecule has 2 rings (SSSR count). The highest BCUT2D eigenvalue weighted by Gasteiger charge is 2.35. The zero-order valence-corrected chi connectivity index (χ0v) is 15.2. The number of nitrogens with zero attached hydrogens (tertiary/aromatic N) is 1. The lowest BCUT2D eigenvalue weighted by molar-refractivity contribution is -0.121. The van der Waals surface area contributed by atoms with Crippen molar-refractivity contribution in [3.05, 3.63) is 33.8 Å². The minimum absolute atomic E-state index is 0.00110. The molecule has 1 aromatic rings. The number of fused-ring (bicyclic) bond motifs is 1. The summed E-state index contributed by atoms with van der Waals surface area (Å²) in [4.78, 5) is 48.4. The van der Waals surface area contributed by atoms with E-state index in [1.165, 1.54) is 0 Å². The fourth-order valence-electron chi connectivity index (χ4n) is 2.32. The maximum Gasteiger partial charge on any atom is 0.407 e. The Labute approximate surface area is 153 Å². The molecule has 0 spiro atoms. The van der Waals surface area contributed by atoms with Crippen LogP contribution < -0.4 is 10.6 Å². The molecular weight excluding hydrogens is 394 g/mol. The zero-order valence-electron chi connectivity index (χ0n) is 13.6. The molecule has 0 aromatic heterocycles. The molecule has 9 heteroatoms. The molecule has 0 unspecified atom stereocenters. The highest BCUT2D eigenvalue weighted by Crippen LogP contribution is 2.25. The van der Waals surface area contributed by atoms with Gasteiger partial charge >= 0.3 is 6.09 Å². The van der Waals surface area contributed by atoms with Crippen LogP contribution >= 0.6 is 15.9 Å². The van der Waals surface area contributed by atoms with Gasteiger partial charge in [0.15, 0.2) is 0 Å². The van der Waals surface area contributed by atoms with Crippen molar-refractivity contribution in [2.75, 3.05) is 26.2 Å². The van der Waals surface area contributed by atoms with Crippen molar-refractivity contribution in [3.8, 4) is 0 Å². The van der Waals surface area contributed by atoms with Gasteiger partial charge in [0.1, 0.15) is 0 Å². The van der Waals surface area contributed by atoms with Crippen LogP contribution in [0.4, 0.5) is 4.79 Å². The van der Waals surface area contributed by atoms with Gasteiger partial charge in [0.25, 0.3) is 11.8 Å². The maximum absolute atomic E-state index is 12.3. The first kappa shape index (κ1) is 18.9. The van der Waals surface area contributed by atoms with Crippen LogP contribution in [0.3, 0.4) is 0 Å². The fourth-order valence-corrected chi connectivity index (χ4v) is 2.68. The number of imide groups is 1. The first-order valence-corrected chi connectivity index (χ1v) is 8.56. The number of amides is 4. The highest BCUT2D eigenvalue weighted by atomic mass is 79.9. The van der Waals surface area contributed by atoms with Crippen LogP contribution in [0, 0.1) is 0 Å². The van der Waals surface area contributed by atoms with Gasteiger partial charge in [-0.05, 0) is 25.1 Å². The Morgan fingerprint density at radius 1 is 1.12 bits per heavy atom. The van der Waals surface area contributed by atoms with Crippen molar-refractivity contribution in [2.45, 2.75) is 13.3 Å². The summed E-state index contributed by atoms with van der Waals surface area (Å²) >= 11 is 3.26. The topological polar surface area (TPSA) is 105 Å². The first-order valence-electron chi connectivity index (χ1n) is 7.77. The fraction of sp³-hybridized carbons (Fsp3) is 0.375. The number of carbonyl (C=O) groups excluding carboxylic acids is 4. The Morgan fingerprint density at radius 2 is 1.80 bits per heavy atom. The Kier molecular flexibility index (Phi) is 6.51. The molecule has 25 heavy (non-hydrogen) atoms. The summed E-state index contributed by atoms with van der Waals surface area (Å²) < 4.78 is 5.39. The molecule has 134 valence electrons. The summed E-state index contributed by atoms with van der Waals surface area (Å²) in [6.07, 6.45) is -0.555. The van der Waals surface area contributed by atoms with E-state index >= 15 is 0 Å². The van der Waals surface area contributed by atoms with Crippen LogP contribution in [0.25, 0.3) is 0 Å². The smallest absolute Gasteiger partial charge is 0.407 e. The Balaban J connectivity index is 1.76. The van der Waals surface area contributed by atoms with E-state index in [-0.39, 0.29) is 38.6 Å². The SMILES string of the molecule is CCOC(=O)NCCNC(=O)CCN1C(=O)c2ccc(Br)cc2C1=O. The van der Waals surface area contributed by atoms with Crippen LogP contribution in [-0.4, -0.2) is 55.0 Å². The molecule has 0 bridgehead atoms. The van der Waals surface area contributed by atoms with Crippen molar-refractivity contribution in [2.24, 2.45) is 0 Å². The van der Waals surface area contributed by atoms with Crippen LogP contribution in [0.1, 0.15) is 34.1 Å². The van der Waals surface area contributed by atoms with Gasteiger partial charge in [-0.25, -0.2) is 4.79 Å². The van der Waals surface area contributed by atoms with E-state index < -0.39 is 17.9 Å². The Morgan fingerprint density at radius 3 is 2.52 bits per heavy atom. The number of benzene rings is 1. The van der Waals surface area contributed by atoms with E-state index in [1.54, 1.807) is 25.1 Å². The number of nitrogens with one attached hydrogen (secondary N) is 2. The number of halogens is 1. The largest absolute Gasteiger partial charge is 0.450 e. The lowest BCUT2D eigenvalue weighted by Gasteiger charge is -2.13. The summed E-state index contributed by atoms with van der Waals surface area (Å²) in [5.74, 6) is -1.12. The molecule has 0 aliphatic carbocycles. The van der Waals surface area contributed by atoms with E-state index in [4.69, 9.17) is 0 Å². The third-order valence-corrected chi connectivity index (χ3v) is 3.98. The van der Waals surface area contributed by atoms with Crippen molar-refractivity contribution < 1.29 is 23.9 Å². The monoisotopic (exact) mass is 411 g/mol. The number of hydrogen-bond acceptors (Lipinski definition) is 5. The molecule has 1 aliphatic rings. The van der Waals surface area contributed by atoms with E-state index in [9.17, 15) is 19.2 Å². The lowest BCUT2D eigenvalue weighted by atomic mass is 10.1. The number of alkyl carbamates (subject to hydrolysis) is 1. The standard InChI is InChI=1S/C16H18BrN3O5/c1-2-25-16(24)19-7-6-18-13(21)5-8-20-14(22)11-4-3-10(17)9-12(11)15(20)23/h3-4,9H,2,5-8H2,1H3,(H,18,21)(H,19,24). The quantitative estimate of drug-likeness (QED) is 0.519. The number of rotatable bonds is 7. The maximum atomic E-state index is 12.3. The predicted molar refractivity (Wildman–Crippen MR) is 92.2 cm³/mol. The third-order valence-electron chi connectivity index (χ3n) is 3.49. The molecule has 1 heterocycles. The number of carbonyl (C=O) groups is 4. The second-order valence-corrected chi connectivity index (χ2v) is 6.11. The molecule has 0 fully saturated rings. The van der Waals surface area contributed by atoms with Crippen LogP contribution in [-0.2, 0) is 9.53 Å².